The van der Waals surface area contributed by atoms with E-state index in [0.717, 1.165) is 48.5 Å². The van der Waals surface area contributed by atoms with Crippen molar-refractivity contribution in [2.45, 2.75) is 57.5 Å². The molecule has 1 unspecified atom stereocenters. The molecule has 1 saturated carbocycles. The van der Waals surface area contributed by atoms with Gasteiger partial charge in [-0.1, -0.05) is 6.07 Å². The summed E-state index contributed by atoms with van der Waals surface area (Å²) in [4.78, 5) is 33.9. The largest absolute Gasteiger partial charge is 0.463 e. The first-order chi connectivity index (χ1) is 20.8. The lowest BCUT2D eigenvalue weighted by molar-refractivity contribution is -0.0632. The highest BCUT2D eigenvalue weighted by Gasteiger charge is 2.37. The number of piperidine rings is 1. The third-order valence-corrected chi connectivity index (χ3v) is 8.93. The van der Waals surface area contributed by atoms with Crippen LogP contribution in [0.2, 0.25) is 0 Å². The standard InChI is InChI=1S/C32H41F2N7O2/c1-22(2)39-14-16-41(17-15-39)29-9-8-25-26(4-3-5-27(25)38-29)30(42)35-20-28(40-12-10-32(33,34)11-13-40)24-18-36-31(37-19-24)43-21-23-6-7-23/h3-5,8-9,18-19,22-23,28H,6-7,10-17,20-21H2,1-2H3,(H,35,42). The molecule has 4 heterocycles. The quantitative estimate of drug-likeness (QED) is 0.367. The fraction of sp³-hybridized carbons (Fsp3) is 0.562. The molecule has 3 aromatic rings. The number of alkyl halides is 2. The Labute approximate surface area is 251 Å². The number of nitrogens with zero attached hydrogens (tertiary/aromatic N) is 6. The number of halogens is 2. The summed E-state index contributed by atoms with van der Waals surface area (Å²) in [5.41, 5.74) is 2.05. The molecule has 0 radical (unpaired) electrons. The van der Waals surface area contributed by atoms with E-state index in [4.69, 9.17) is 9.72 Å². The smallest absolute Gasteiger partial charge is 0.316 e. The van der Waals surface area contributed by atoms with Gasteiger partial charge in [0, 0.05) is 93.6 Å². The van der Waals surface area contributed by atoms with Crippen molar-refractivity contribution in [1.82, 2.24) is 30.1 Å². The maximum atomic E-state index is 14.0. The first kappa shape index (κ1) is 29.6. The van der Waals surface area contributed by atoms with Crippen LogP contribution in [0.5, 0.6) is 6.01 Å². The molecule has 43 heavy (non-hydrogen) atoms. The third-order valence-electron chi connectivity index (χ3n) is 8.93. The van der Waals surface area contributed by atoms with Crippen LogP contribution in [0.1, 0.15) is 61.5 Å². The zero-order valence-corrected chi connectivity index (χ0v) is 25.0. The van der Waals surface area contributed by atoms with Crippen molar-refractivity contribution in [2.24, 2.45) is 5.92 Å². The molecule has 1 aliphatic carbocycles. The van der Waals surface area contributed by atoms with Gasteiger partial charge >= 0.3 is 6.01 Å². The van der Waals surface area contributed by atoms with E-state index in [1.54, 1.807) is 18.5 Å². The summed E-state index contributed by atoms with van der Waals surface area (Å²) in [5, 5.41) is 3.84. The van der Waals surface area contributed by atoms with Crippen LogP contribution in [0.4, 0.5) is 14.6 Å². The average molecular weight is 594 g/mol. The number of ether oxygens (including phenoxy) is 1. The Balaban J connectivity index is 1.15. The van der Waals surface area contributed by atoms with Gasteiger partial charge in [-0.2, -0.15) is 0 Å². The van der Waals surface area contributed by atoms with E-state index in [1.165, 1.54) is 12.8 Å². The van der Waals surface area contributed by atoms with E-state index < -0.39 is 5.92 Å². The van der Waals surface area contributed by atoms with Crippen LogP contribution in [-0.4, -0.2) is 95.0 Å². The minimum Gasteiger partial charge on any atom is -0.463 e. The Kier molecular flexibility index (Phi) is 8.72. The summed E-state index contributed by atoms with van der Waals surface area (Å²) in [6.45, 7) is 9.55. The molecule has 230 valence electrons. The zero-order valence-electron chi connectivity index (χ0n) is 25.0. The highest BCUT2D eigenvalue weighted by Crippen LogP contribution is 2.33. The molecule has 0 spiro atoms. The van der Waals surface area contributed by atoms with Gasteiger partial charge in [0.25, 0.3) is 11.8 Å². The molecule has 2 aliphatic heterocycles. The molecule has 3 aliphatic rings. The Morgan fingerprint density at radius 1 is 1.00 bits per heavy atom. The molecule has 1 aromatic carbocycles. The third kappa shape index (κ3) is 7.21. The second-order valence-corrected chi connectivity index (χ2v) is 12.3. The number of aromatic nitrogens is 3. The van der Waals surface area contributed by atoms with Gasteiger partial charge in [-0.15, -0.1) is 0 Å². The van der Waals surface area contributed by atoms with E-state index in [1.807, 2.05) is 29.2 Å². The minimum atomic E-state index is -2.67. The van der Waals surface area contributed by atoms with Gasteiger partial charge in [-0.25, -0.2) is 23.7 Å². The van der Waals surface area contributed by atoms with Crippen LogP contribution in [0.25, 0.3) is 10.9 Å². The van der Waals surface area contributed by atoms with Crippen LogP contribution in [0, 0.1) is 5.92 Å². The first-order valence-electron chi connectivity index (χ1n) is 15.5. The van der Waals surface area contributed by atoms with Gasteiger partial charge < -0.3 is 15.0 Å². The fourth-order valence-corrected chi connectivity index (χ4v) is 5.94. The Bertz CT molecular complexity index is 1400. The molecular formula is C32H41F2N7O2. The molecule has 6 rings (SSSR count). The maximum Gasteiger partial charge on any atom is 0.316 e. The van der Waals surface area contributed by atoms with E-state index in [2.05, 4.69) is 38.9 Å². The van der Waals surface area contributed by atoms with Crippen molar-refractivity contribution >= 4 is 22.6 Å². The van der Waals surface area contributed by atoms with Gasteiger partial charge in [0.1, 0.15) is 5.82 Å². The second kappa shape index (κ2) is 12.7. The summed E-state index contributed by atoms with van der Waals surface area (Å²) in [5.74, 6) is -1.40. The van der Waals surface area contributed by atoms with Gasteiger partial charge in [0.15, 0.2) is 0 Å². The van der Waals surface area contributed by atoms with Crippen molar-refractivity contribution < 1.29 is 18.3 Å². The lowest BCUT2D eigenvalue weighted by Gasteiger charge is -2.37. The number of anilines is 1. The number of carbonyl (C=O) groups excluding carboxylic acids is 1. The van der Waals surface area contributed by atoms with E-state index in [-0.39, 0.29) is 44.4 Å². The van der Waals surface area contributed by atoms with Crippen molar-refractivity contribution in [3.05, 3.63) is 53.9 Å². The van der Waals surface area contributed by atoms with Crippen LogP contribution in [0.15, 0.2) is 42.7 Å². The van der Waals surface area contributed by atoms with Crippen molar-refractivity contribution in [2.75, 3.05) is 57.3 Å². The predicted molar refractivity (Wildman–Crippen MR) is 162 cm³/mol. The number of piperazine rings is 1. The highest BCUT2D eigenvalue weighted by molar-refractivity contribution is 6.06. The SMILES string of the molecule is CC(C)N1CCN(c2ccc3c(C(=O)NCC(c4cnc(OCC5CC5)nc4)N4CCC(F)(F)CC4)cccc3n2)CC1. The number of benzene rings is 1. The summed E-state index contributed by atoms with van der Waals surface area (Å²) < 4.78 is 33.6. The summed E-state index contributed by atoms with van der Waals surface area (Å²) in [6.07, 6.45) is 5.27. The average Bonchev–Trinajstić information content (AvgIpc) is 3.85. The van der Waals surface area contributed by atoms with Crippen LogP contribution in [0.3, 0.4) is 0 Å². The van der Waals surface area contributed by atoms with Crippen LogP contribution < -0.4 is 15.0 Å². The zero-order chi connectivity index (χ0) is 30.0. The van der Waals surface area contributed by atoms with Crippen LogP contribution >= 0.6 is 0 Å². The monoisotopic (exact) mass is 593 g/mol. The summed E-state index contributed by atoms with van der Waals surface area (Å²) in [6, 6.07) is 10.0. The molecule has 9 nitrogen and oxygen atoms in total. The number of hydrogen-bond donors (Lipinski definition) is 1. The number of carbonyl (C=O) groups is 1. The maximum absolute atomic E-state index is 14.0. The molecule has 1 amide bonds. The number of fused-ring (bicyclic) bond motifs is 1. The van der Waals surface area contributed by atoms with Gasteiger partial charge in [-0.05, 0) is 56.9 Å². The van der Waals surface area contributed by atoms with Crippen molar-refractivity contribution in [1.29, 1.82) is 0 Å². The molecule has 3 fully saturated rings. The number of amides is 1. The van der Waals surface area contributed by atoms with E-state index >= 15 is 0 Å². The Morgan fingerprint density at radius 2 is 1.72 bits per heavy atom. The molecule has 11 heteroatoms. The highest BCUT2D eigenvalue weighted by atomic mass is 19.3. The number of rotatable bonds is 10. The normalized spacial score (nSPS) is 20.3. The lowest BCUT2D eigenvalue weighted by Crippen LogP contribution is -2.49. The Morgan fingerprint density at radius 3 is 2.40 bits per heavy atom. The second-order valence-electron chi connectivity index (χ2n) is 12.3. The fourth-order valence-electron chi connectivity index (χ4n) is 5.94. The molecule has 2 saturated heterocycles. The molecule has 1 N–H and O–H groups in total. The van der Waals surface area contributed by atoms with Gasteiger partial charge in [0.05, 0.1) is 18.2 Å². The van der Waals surface area contributed by atoms with Crippen molar-refractivity contribution in [3.8, 4) is 6.01 Å². The summed E-state index contributed by atoms with van der Waals surface area (Å²) in [7, 11) is 0. The van der Waals surface area contributed by atoms with E-state index in [0.29, 0.717) is 30.1 Å². The minimum absolute atomic E-state index is 0.218. The molecular weight excluding hydrogens is 552 g/mol. The molecule has 0 bridgehead atoms. The first-order valence-corrected chi connectivity index (χ1v) is 15.5. The number of likely N-dealkylation sites (tertiary alicyclic amines) is 1. The number of nitrogens with one attached hydrogen (secondary N) is 1. The topological polar surface area (TPSA) is 86.7 Å². The number of pyridine rings is 1. The van der Waals surface area contributed by atoms with E-state index in [9.17, 15) is 13.6 Å². The molecule has 2 aromatic heterocycles. The van der Waals surface area contributed by atoms with Crippen molar-refractivity contribution in [3.63, 3.8) is 0 Å². The number of hydrogen-bond acceptors (Lipinski definition) is 8. The van der Waals surface area contributed by atoms with Gasteiger partial charge in [0.2, 0.25) is 0 Å². The lowest BCUT2D eigenvalue weighted by atomic mass is 10.0. The van der Waals surface area contributed by atoms with Crippen LogP contribution in [-0.2, 0) is 0 Å². The Hall–Kier alpha value is -3.44. The molecule has 1 atom stereocenters. The summed E-state index contributed by atoms with van der Waals surface area (Å²) >= 11 is 0. The van der Waals surface area contributed by atoms with Gasteiger partial charge in [-0.3, -0.25) is 14.6 Å². The predicted octanol–water partition coefficient (Wildman–Crippen LogP) is 4.55.